The number of hydrogen-bond donors (Lipinski definition) is 2. The maximum atomic E-state index is 12.0. The van der Waals surface area contributed by atoms with Gasteiger partial charge in [0.15, 0.2) is 0 Å². The van der Waals surface area contributed by atoms with E-state index in [1.807, 2.05) is 20.8 Å². The molecule has 2 fully saturated rings. The summed E-state index contributed by atoms with van der Waals surface area (Å²) in [6, 6.07) is -0.458. The van der Waals surface area contributed by atoms with Gasteiger partial charge in [-0.05, 0) is 40.0 Å². The fraction of sp³-hybridized carbons (Fsp3) is 0.769. The average molecular weight is 283 g/mol. The molecule has 2 aliphatic heterocycles. The molecule has 4 amide bonds. The van der Waals surface area contributed by atoms with E-state index in [2.05, 4.69) is 10.6 Å². The number of carbonyl (C=O) groups is 3. The predicted octanol–water partition coefficient (Wildman–Crippen LogP) is 0.986. The SMILES string of the molecule is CC(C)(C)OC(=O)N1CCC[C@]2(CC1)NC(=O)NC2=O. The smallest absolute Gasteiger partial charge is 0.410 e. The highest BCUT2D eigenvalue weighted by molar-refractivity contribution is 6.07. The Morgan fingerprint density at radius 3 is 2.50 bits per heavy atom. The summed E-state index contributed by atoms with van der Waals surface area (Å²) in [4.78, 5) is 36.8. The van der Waals surface area contributed by atoms with E-state index < -0.39 is 17.2 Å². The summed E-state index contributed by atoms with van der Waals surface area (Å²) >= 11 is 0. The Balaban J connectivity index is 2.01. The van der Waals surface area contributed by atoms with Crippen LogP contribution < -0.4 is 10.6 Å². The molecule has 0 aromatic heterocycles. The minimum Gasteiger partial charge on any atom is -0.444 e. The van der Waals surface area contributed by atoms with Crippen LogP contribution in [0.15, 0.2) is 0 Å². The third-order valence-electron chi connectivity index (χ3n) is 3.51. The molecule has 0 unspecified atom stereocenters. The number of imide groups is 1. The van der Waals surface area contributed by atoms with E-state index in [4.69, 9.17) is 4.74 Å². The van der Waals surface area contributed by atoms with Gasteiger partial charge in [-0.2, -0.15) is 0 Å². The van der Waals surface area contributed by atoms with Gasteiger partial charge >= 0.3 is 12.1 Å². The summed E-state index contributed by atoms with van der Waals surface area (Å²) in [5, 5.41) is 4.95. The molecule has 2 heterocycles. The molecule has 20 heavy (non-hydrogen) atoms. The van der Waals surface area contributed by atoms with Crippen molar-refractivity contribution in [3.63, 3.8) is 0 Å². The first kappa shape index (κ1) is 14.6. The predicted molar refractivity (Wildman–Crippen MR) is 71.1 cm³/mol. The van der Waals surface area contributed by atoms with Gasteiger partial charge < -0.3 is 15.0 Å². The Kier molecular flexibility index (Phi) is 3.62. The Morgan fingerprint density at radius 2 is 1.95 bits per heavy atom. The van der Waals surface area contributed by atoms with E-state index in [0.29, 0.717) is 32.4 Å². The van der Waals surface area contributed by atoms with E-state index in [1.54, 1.807) is 4.90 Å². The van der Waals surface area contributed by atoms with E-state index in [1.165, 1.54) is 0 Å². The zero-order valence-corrected chi connectivity index (χ0v) is 12.1. The maximum Gasteiger partial charge on any atom is 0.410 e. The zero-order chi connectivity index (χ0) is 15.0. The van der Waals surface area contributed by atoms with Crippen LogP contribution in [0, 0.1) is 0 Å². The first-order chi connectivity index (χ1) is 9.22. The molecule has 1 atom stereocenters. The van der Waals surface area contributed by atoms with Crippen molar-refractivity contribution in [2.45, 2.75) is 51.2 Å². The van der Waals surface area contributed by atoms with Crippen LogP contribution in [-0.4, -0.2) is 47.2 Å². The van der Waals surface area contributed by atoms with Crippen LogP contribution >= 0.6 is 0 Å². The van der Waals surface area contributed by atoms with Gasteiger partial charge in [0.25, 0.3) is 5.91 Å². The molecular formula is C13H21N3O4. The van der Waals surface area contributed by atoms with E-state index >= 15 is 0 Å². The normalized spacial score (nSPS) is 27.1. The number of hydrogen-bond acceptors (Lipinski definition) is 4. The molecule has 0 aromatic carbocycles. The van der Waals surface area contributed by atoms with Crippen molar-refractivity contribution in [2.75, 3.05) is 13.1 Å². The number of carbonyl (C=O) groups excluding carboxylic acids is 3. The molecule has 7 nitrogen and oxygen atoms in total. The number of urea groups is 1. The van der Waals surface area contributed by atoms with Gasteiger partial charge in [0.1, 0.15) is 11.1 Å². The lowest BCUT2D eigenvalue weighted by Gasteiger charge is -2.27. The molecule has 2 saturated heterocycles. The van der Waals surface area contributed by atoms with Gasteiger partial charge in [-0.15, -0.1) is 0 Å². The van der Waals surface area contributed by atoms with Gasteiger partial charge in [0.2, 0.25) is 0 Å². The van der Waals surface area contributed by atoms with Crippen molar-refractivity contribution in [3.05, 3.63) is 0 Å². The molecule has 2 rings (SSSR count). The summed E-state index contributed by atoms with van der Waals surface area (Å²) in [7, 11) is 0. The van der Waals surface area contributed by atoms with Gasteiger partial charge in [0, 0.05) is 13.1 Å². The highest BCUT2D eigenvalue weighted by Crippen LogP contribution is 2.26. The quantitative estimate of drug-likeness (QED) is 0.649. The van der Waals surface area contributed by atoms with Crippen molar-refractivity contribution >= 4 is 18.0 Å². The second-order valence-corrected chi connectivity index (χ2v) is 6.31. The van der Waals surface area contributed by atoms with Crippen molar-refractivity contribution in [1.29, 1.82) is 0 Å². The summed E-state index contributed by atoms with van der Waals surface area (Å²) < 4.78 is 5.33. The Bertz CT molecular complexity index is 443. The Labute approximate surface area is 118 Å². The lowest BCUT2D eigenvalue weighted by molar-refractivity contribution is -0.124. The van der Waals surface area contributed by atoms with Crippen molar-refractivity contribution < 1.29 is 19.1 Å². The molecule has 2 N–H and O–H groups in total. The Hall–Kier alpha value is -1.79. The van der Waals surface area contributed by atoms with Crippen LogP contribution in [0.25, 0.3) is 0 Å². The lowest BCUT2D eigenvalue weighted by Crippen LogP contribution is -2.47. The topological polar surface area (TPSA) is 87.7 Å². The van der Waals surface area contributed by atoms with Crippen LogP contribution in [0.1, 0.15) is 40.0 Å². The largest absolute Gasteiger partial charge is 0.444 e. The third kappa shape index (κ3) is 3.02. The molecule has 112 valence electrons. The standard InChI is InChI=1S/C13H21N3O4/c1-12(2,3)20-11(19)16-7-4-5-13(6-8-16)9(17)14-10(18)15-13/h4-8H2,1-3H3,(H2,14,15,17,18)/t13-/m1/s1. The van der Waals surface area contributed by atoms with Gasteiger partial charge in [-0.1, -0.05) is 0 Å². The minimum atomic E-state index is -0.867. The molecule has 0 aromatic rings. The molecule has 7 heteroatoms. The maximum absolute atomic E-state index is 12.0. The second kappa shape index (κ2) is 4.96. The molecule has 0 bridgehead atoms. The molecule has 1 spiro atoms. The van der Waals surface area contributed by atoms with Crippen LogP contribution in [0.2, 0.25) is 0 Å². The Morgan fingerprint density at radius 1 is 1.25 bits per heavy atom. The lowest BCUT2D eigenvalue weighted by atomic mass is 9.91. The number of nitrogens with one attached hydrogen (secondary N) is 2. The zero-order valence-electron chi connectivity index (χ0n) is 12.1. The van der Waals surface area contributed by atoms with E-state index in [9.17, 15) is 14.4 Å². The second-order valence-electron chi connectivity index (χ2n) is 6.31. The number of nitrogens with zero attached hydrogens (tertiary/aromatic N) is 1. The monoisotopic (exact) mass is 283 g/mol. The first-order valence-electron chi connectivity index (χ1n) is 6.83. The highest BCUT2D eigenvalue weighted by atomic mass is 16.6. The number of rotatable bonds is 0. The minimum absolute atomic E-state index is 0.298. The third-order valence-corrected chi connectivity index (χ3v) is 3.51. The molecule has 0 aliphatic carbocycles. The van der Waals surface area contributed by atoms with E-state index in [-0.39, 0.29) is 12.0 Å². The van der Waals surface area contributed by atoms with Gasteiger partial charge in [-0.25, -0.2) is 9.59 Å². The highest BCUT2D eigenvalue weighted by Gasteiger charge is 2.47. The van der Waals surface area contributed by atoms with Crippen LogP contribution in [0.3, 0.4) is 0 Å². The average Bonchev–Trinajstić information content (AvgIpc) is 2.48. The summed E-state index contributed by atoms with van der Waals surface area (Å²) in [5.74, 6) is -0.298. The summed E-state index contributed by atoms with van der Waals surface area (Å²) in [6.45, 7) is 6.36. The first-order valence-corrected chi connectivity index (χ1v) is 6.83. The van der Waals surface area contributed by atoms with Crippen LogP contribution in [0.4, 0.5) is 9.59 Å². The van der Waals surface area contributed by atoms with Gasteiger partial charge in [-0.3, -0.25) is 10.1 Å². The van der Waals surface area contributed by atoms with Crippen LogP contribution in [-0.2, 0) is 9.53 Å². The molecule has 0 radical (unpaired) electrons. The van der Waals surface area contributed by atoms with Crippen molar-refractivity contribution in [1.82, 2.24) is 15.5 Å². The van der Waals surface area contributed by atoms with E-state index in [0.717, 1.165) is 0 Å². The molecule has 2 aliphatic rings. The van der Waals surface area contributed by atoms with Crippen molar-refractivity contribution in [2.24, 2.45) is 0 Å². The number of ether oxygens (including phenoxy) is 1. The van der Waals surface area contributed by atoms with Gasteiger partial charge in [0.05, 0.1) is 0 Å². The molecular weight excluding hydrogens is 262 g/mol. The van der Waals surface area contributed by atoms with Crippen LogP contribution in [0.5, 0.6) is 0 Å². The number of amides is 4. The summed E-state index contributed by atoms with van der Waals surface area (Å²) in [5.41, 5.74) is -1.41. The fourth-order valence-corrected chi connectivity index (χ4v) is 2.52. The number of likely N-dealkylation sites (tertiary alicyclic amines) is 1. The summed E-state index contributed by atoms with van der Waals surface area (Å²) in [6.07, 6.45) is 1.21. The van der Waals surface area contributed by atoms with Crippen molar-refractivity contribution in [3.8, 4) is 0 Å². The molecule has 0 saturated carbocycles. The fourth-order valence-electron chi connectivity index (χ4n) is 2.52.